The number of aliphatic hydroxyl groups is 1. The third-order valence-electron chi connectivity index (χ3n) is 10.0. The molecule has 9 heteroatoms. The molecule has 1 aliphatic carbocycles. The highest BCUT2D eigenvalue weighted by Gasteiger charge is 2.75. The minimum absolute atomic E-state index is 0.0963. The van der Waals surface area contributed by atoms with Crippen LogP contribution >= 0.6 is 0 Å². The second-order valence-electron chi connectivity index (χ2n) is 12.2. The molecule has 1 aromatic rings. The van der Waals surface area contributed by atoms with E-state index in [0.717, 1.165) is 37.1 Å². The lowest BCUT2D eigenvalue weighted by Crippen LogP contribution is -2.58. The first kappa shape index (κ1) is 28.9. The SMILES string of the molecule is CCOc1ccc(N2CC=C[C@]3(CC)O[C@]45C=CCN(C6CCCCC6)C(=O)C4N(CCCO)C(=O)[C@@H]5[C@@H]3C2=O)cc1. The Kier molecular flexibility index (Phi) is 7.91. The van der Waals surface area contributed by atoms with Crippen molar-refractivity contribution < 1.29 is 29.0 Å². The summed E-state index contributed by atoms with van der Waals surface area (Å²) in [5.41, 5.74) is -1.57. The molecule has 5 aliphatic rings. The molecule has 1 unspecified atom stereocenters. The number of hydrogen-bond donors (Lipinski definition) is 1. The monoisotopic (exact) mass is 577 g/mol. The summed E-state index contributed by atoms with van der Waals surface area (Å²) in [5, 5.41) is 9.69. The van der Waals surface area contributed by atoms with Gasteiger partial charge in [0.15, 0.2) is 0 Å². The topological polar surface area (TPSA) is 99.6 Å². The van der Waals surface area contributed by atoms with Crippen molar-refractivity contribution in [2.24, 2.45) is 11.8 Å². The summed E-state index contributed by atoms with van der Waals surface area (Å²) < 4.78 is 12.7. The lowest BCUT2D eigenvalue weighted by atomic mass is 9.73. The highest BCUT2D eigenvalue weighted by atomic mass is 16.5. The molecule has 0 bridgehead atoms. The Morgan fingerprint density at radius 3 is 2.36 bits per heavy atom. The standard InChI is InChI=1S/C33H43N3O6/c1-3-32-17-8-19-34(24-13-15-25(16-14-24)41-4-2)29(38)26(32)27-30(39)36(21-10-22-37)28-31(40)35(23-11-6-5-7-12-23)20-9-18-33(27,28)42-32/h8-9,13-18,23,26-28,37H,3-7,10-12,19-22H2,1-2H3/t26-,27+,28?,32+,33+/m1/s1. The van der Waals surface area contributed by atoms with Crippen molar-refractivity contribution in [2.75, 3.05) is 37.7 Å². The summed E-state index contributed by atoms with van der Waals surface area (Å²) in [6.07, 6.45) is 13.9. The smallest absolute Gasteiger partial charge is 0.249 e. The van der Waals surface area contributed by atoms with Crippen molar-refractivity contribution in [3.05, 3.63) is 48.6 Å². The maximum Gasteiger partial charge on any atom is 0.249 e. The van der Waals surface area contributed by atoms with Crippen molar-refractivity contribution in [3.8, 4) is 5.75 Å². The van der Waals surface area contributed by atoms with Gasteiger partial charge in [-0.15, -0.1) is 0 Å². The number of benzene rings is 1. The summed E-state index contributed by atoms with van der Waals surface area (Å²) >= 11 is 0. The average molecular weight is 578 g/mol. The van der Waals surface area contributed by atoms with Gasteiger partial charge in [0, 0.05) is 38.0 Å². The van der Waals surface area contributed by atoms with Gasteiger partial charge in [-0.05, 0) is 56.9 Å². The van der Waals surface area contributed by atoms with E-state index >= 15 is 0 Å². The summed E-state index contributed by atoms with van der Waals surface area (Å²) in [6, 6.07) is 6.68. The van der Waals surface area contributed by atoms with E-state index in [1.165, 1.54) is 6.42 Å². The van der Waals surface area contributed by atoms with E-state index < -0.39 is 29.1 Å². The largest absolute Gasteiger partial charge is 0.494 e. The van der Waals surface area contributed by atoms with Crippen LogP contribution in [0, 0.1) is 11.8 Å². The summed E-state index contributed by atoms with van der Waals surface area (Å²) in [5.74, 6) is -1.47. The maximum absolute atomic E-state index is 14.6. The van der Waals surface area contributed by atoms with Gasteiger partial charge in [0.1, 0.15) is 17.4 Å². The molecule has 6 rings (SSSR count). The van der Waals surface area contributed by atoms with Crippen molar-refractivity contribution in [1.82, 2.24) is 9.80 Å². The Hall–Kier alpha value is -3.17. The van der Waals surface area contributed by atoms with E-state index in [2.05, 4.69) is 0 Å². The summed E-state index contributed by atoms with van der Waals surface area (Å²) in [4.78, 5) is 48.9. The quantitative estimate of drug-likeness (QED) is 0.475. The van der Waals surface area contributed by atoms with E-state index in [-0.39, 0.29) is 36.9 Å². The molecule has 9 nitrogen and oxygen atoms in total. The molecule has 4 aliphatic heterocycles. The first-order valence-electron chi connectivity index (χ1n) is 15.7. The van der Waals surface area contributed by atoms with Crippen LogP contribution in [-0.2, 0) is 19.1 Å². The molecule has 42 heavy (non-hydrogen) atoms. The van der Waals surface area contributed by atoms with Crippen LogP contribution in [0.5, 0.6) is 5.75 Å². The highest BCUT2D eigenvalue weighted by Crippen LogP contribution is 2.59. The molecule has 1 spiro atoms. The Bertz CT molecular complexity index is 1260. The zero-order valence-corrected chi connectivity index (χ0v) is 24.7. The molecule has 0 aromatic heterocycles. The Balaban J connectivity index is 1.42. The van der Waals surface area contributed by atoms with Crippen LogP contribution in [0.4, 0.5) is 5.69 Å². The van der Waals surface area contributed by atoms with Gasteiger partial charge in [0.2, 0.25) is 17.7 Å². The normalized spacial score (nSPS) is 33.0. The van der Waals surface area contributed by atoms with E-state index in [9.17, 15) is 19.5 Å². The van der Waals surface area contributed by atoms with E-state index in [0.29, 0.717) is 32.5 Å². The third kappa shape index (κ3) is 4.47. The van der Waals surface area contributed by atoms with Crippen LogP contribution < -0.4 is 9.64 Å². The van der Waals surface area contributed by atoms with Crippen LogP contribution in [0.3, 0.4) is 0 Å². The van der Waals surface area contributed by atoms with Crippen LogP contribution in [-0.4, -0.2) is 88.8 Å². The van der Waals surface area contributed by atoms with Crippen LogP contribution in [0.25, 0.3) is 0 Å². The fourth-order valence-corrected chi connectivity index (χ4v) is 8.10. The number of aliphatic hydroxyl groups excluding tert-OH is 1. The van der Waals surface area contributed by atoms with E-state index in [1.54, 1.807) is 9.80 Å². The third-order valence-corrected chi connectivity index (χ3v) is 10.0. The molecule has 3 amide bonds. The number of anilines is 1. The number of carbonyl (C=O) groups is 3. The number of rotatable bonds is 8. The molecule has 1 N–H and O–H groups in total. The number of likely N-dealkylation sites (tertiary alicyclic amines) is 1. The second kappa shape index (κ2) is 11.5. The van der Waals surface area contributed by atoms with Crippen molar-refractivity contribution in [2.45, 2.75) is 82.1 Å². The minimum atomic E-state index is -1.27. The number of nitrogens with zero attached hydrogens (tertiary/aromatic N) is 3. The van der Waals surface area contributed by atoms with Crippen LogP contribution in [0.2, 0.25) is 0 Å². The Morgan fingerprint density at radius 1 is 0.929 bits per heavy atom. The van der Waals surface area contributed by atoms with Crippen LogP contribution in [0.1, 0.15) is 58.8 Å². The van der Waals surface area contributed by atoms with Crippen molar-refractivity contribution in [3.63, 3.8) is 0 Å². The molecule has 1 saturated carbocycles. The van der Waals surface area contributed by atoms with Gasteiger partial charge in [0.25, 0.3) is 0 Å². The number of hydrogen-bond acceptors (Lipinski definition) is 6. The first-order valence-corrected chi connectivity index (χ1v) is 15.7. The Morgan fingerprint density at radius 2 is 1.67 bits per heavy atom. The van der Waals surface area contributed by atoms with Crippen molar-refractivity contribution >= 4 is 23.4 Å². The number of fused-ring (bicyclic) bond motifs is 2. The molecule has 5 atom stereocenters. The van der Waals surface area contributed by atoms with Gasteiger partial charge in [-0.2, -0.15) is 0 Å². The highest BCUT2D eigenvalue weighted by molar-refractivity contribution is 6.04. The molecular weight excluding hydrogens is 534 g/mol. The molecule has 0 radical (unpaired) electrons. The zero-order chi connectivity index (χ0) is 29.5. The molecule has 2 saturated heterocycles. The van der Waals surface area contributed by atoms with Crippen LogP contribution in [0.15, 0.2) is 48.6 Å². The van der Waals surface area contributed by atoms with Gasteiger partial charge in [-0.1, -0.05) is 50.5 Å². The number of carbonyl (C=O) groups excluding carboxylic acids is 3. The Labute approximate surface area is 248 Å². The molecule has 1 aromatic carbocycles. The summed E-state index contributed by atoms with van der Waals surface area (Å²) in [6.45, 7) is 5.41. The van der Waals surface area contributed by atoms with Gasteiger partial charge < -0.3 is 29.3 Å². The molecule has 3 fully saturated rings. The van der Waals surface area contributed by atoms with Gasteiger partial charge in [0.05, 0.1) is 24.0 Å². The first-order chi connectivity index (χ1) is 20.4. The second-order valence-corrected chi connectivity index (χ2v) is 12.2. The summed E-state index contributed by atoms with van der Waals surface area (Å²) in [7, 11) is 0. The molecular formula is C33H43N3O6. The fraction of sp³-hybridized carbons (Fsp3) is 0.606. The van der Waals surface area contributed by atoms with Gasteiger partial charge in [-0.25, -0.2) is 0 Å². The predicted molar refractivity (Wildman–Crippen MR) is 158 cm³/mol. The van der Waals surface area contributed by atoms with E-state index in [1.807, 2.05) is 67.3 Å². The molecule has 226 valence electrons. The van der Waals surface area contributed by atoms with Crippen molar-refractivity contribution in [1.29, 1.82) is 0 Å². The minimum Gasteiger partial charge on any atom is -0.494 e. The molecule has 4 heterocycles. The number of ether oxygens (including phenoxy) is 2. The van der Waals surface area contributed by atoms with E-state index in [4.69, 9.17) is 9.47 Å². The van der Waals surface area contributed by atoms with Gasteiger partial charge in [-0.3, -0.25) is 14.4 Å². The lowest BCUT2D eigenvalue weighted by Gasteiger charge is -2.40. The number of amides is 3. The average Bonchev–Trinajstić information content (AvgIpc) is 3.29. The fourth-order valence-electron chi connectivity index (χ4n) is 8.10. The maximum atomic E-state index is 14.6. The van der Waals surface area contributed by atoms with Gasteiger partial charge >= 0.3 is 0 Å². The lowest BCUT2D eigenvalue weighted by molar-refractivity contribution is -0.154. The zero-order valence-electron chi connectivity index (χ0n) is 24.7. The predicted octanol–water partition coefficient (Wildman–Crippen LogP) is 3.46.